The first-order valence-electron chi connectivity index (χ1n) is 6.64. The number of amides is 1. The molecule has 1 aromatic rings. The van der Waals surface area contributed by atoms with Crippen molar-refractivity contribution in [2.75, 3.05) is 13.1 Å². The number of hydrogen-bond acceptors (Lipinski definition) is 2. The van der Waals surface area contributed by atoms with Crippen molar-refractivity contribution in [1.29, 1.82) is 0 Å². The molecular formula is C15H22N2O. The van der Waals surface area contributed by atoms with Crippen molar-refractivity contribution in [3.05, 3.63) is 35.4 Å². The molecule has 0 aliphatic carbocycles. The Labute approximate surface area is 109 Å². The van der Waals surface area contributed by atoms with Crippen LogP contribution in [0.25, 0.3) is 0 Å². The minimum absolute atomic E-state index is 0.237. The Hall–Kier alpha value is -1.35. The summed E-state index contributed by atoms with van der Waals surface area (Å²) < 4.78 is 0. The Morgan fingerprint density at radius 1 is 1.33 bits per heavy atom. The SMILES string of the molecule is Cc1cccc(CC(=O)N2CC(C)NC(C)C2)c1. The van der Waals surface area contributed by atoms with Gasteiger partial charge in [0, 0.05) is 25.2 Å². The van der Waals surface area contributed by atoms with Gasteiger partial charge < -0.3 is 10.2 Å². The van der Waals surface area contributed by atoms with Crippen LogP contribution >= 0.6 is 0 Å². The molecule has 0 radical (unpaired) electrons. The first-order valence-corrected chi connectivity index (χ1v) is 6.64. The molecule has 3 heteroatoms. The fraction of sp³-hybridized carbons (Fsp3) is 0.533. The van der Waals surface area contributed by atoms with Crippen molar-refractivity contribution in [3.63, 3.8) is 0 Å². The summed E-state index contributed by atoms with van der Waals surface area (Å²) in [4.78, 5) is 14.2. The second kappa shape index (κ2) is 5.53. The van der Waals surface area contributed by atoms with Crippen molar-refractivity contribution in [2.45, 2.75) is 39.3 Å². The molecule has 1 aromatic carbocycles. The van der Waals surface area contributed by atoms with Crippen LogP contribution < -0.4 is 5.32 Å². The van der Waals surface area contributed by atoms with E-state index in [1.54, 1.807) is 0 Å². The van der Waals surface area contributed by atoms with Crippen molar-refractivity contribution in [2.24, 2.45) is 0 Å². The highest BCUT2D eigenvalue weighted by atomic mass is 16.2. The molecule has 98 valence electrons. The van der Waals surface area contributed by atoms with Gasteiger partial charge in [-0.05, 0) is 26.3 Å². The molecule has 2 atom stereocenters. The number of carbonyl (C=O) groups excluding carboxylic acids is 1. The molecule has 0 spiro atoms. The van der Waals surface area contributed by atoms with E-state index in [0.29, 0.717) is 18.5 Å². The number of carbonyl (C=O) groups is 1. The highest BCUT2D eigenvalue weighted by Gasteiger charge is 2.24. The summed E-state index contributed by atoms with van der Waals surface area (Å²) >= 11 is 0. The first kappa shape index (κ1) is 13.1. The molecule has 1 aliphatic heterocycles. The van der Waals surface area contributed by atoms with Crippen LogP contribution in [0.5, 0.6) is 0 Å². The average Bonchev–Trinajstić information content (AvgIpc) is 2.27. The number of aryl methyl sites for hydroxylation is 1. The van der Waals surface area contributed by atoms with Gasteiger partial charge in [-0.25, -0.2) is 0 Å². The van der Waals surface area contributed by atoms with Crippen LogP contribution in [0.4, 0.5) is 0 Å². The van der Waals surface area contributed by atoms with Gasteiger partial charge in [0.05, 0.1) is 6.42 Å². The van der Waals surface area contributed by atoms with Crippen molar-refractivity contribution in [1.82, 2.24) is 10.2 Å². The largest absolute Gasteiger partial charge is 0.339 e. The number of nitrogens with one attached hydrogen (secondary N) is 1. The van der Waals surface area contributed by atoms with Gasteiger partial charge in [0.25, 0.3) is 0 Å². The van der Waals surface area contributed by atoms with Crippen molar-refractivity contribution >= 4 is 5.91 Å². The van der Waals surface area contributed by atoms with Gasteiger partial charge in [-0.3, -0.25) is 4.79 Å². The van der Waals surface area contributed by atoms with Crippen LogP contribution in [0.3, 0.4) is 0 Å². The molecule has 0 bridgehead atoms. The monoisotopic (exact) mass is 246 g/mol. The lowest BCUT2D eigenvalue weighted by atomic mass is 10.1. The van der Waals surface area contributed by atoms with Crippen LogP contribution in [0, 0.1) is 6.92 Å². The summed E-state index contributed by atoms with van der Waals surface area (Å²) in [5, 5.41) is 3.44. The van der Waals surface area contributed by atoms with Gasteiger partial charge in [0.15, 0.2) is 0 Å². The lowest BCUT2D eigenvalue weighted by molar-refractivity contribution is -0.132. The van der Waals surface area contributed by atoms with E-state index >= 15 is 0 Å². The first-order chi connectivity index (χ1) is 8.54. The molecule has 1 saturated heterocycles. The highest BCUT2D eigenvalue weighted by molar-refractivity contribution is 5.79. The minimum Gasteiger partial charge on any atom is -0.339 e. The maximum atomic E-state index is 12.3. The molecule has 1 heterocycles. The van der Waals surface area contributed by atoms with Crippen LogP contribution in [-0.2, 0) is 11.2 Å². The summed E-state index contributed by atoms with van der Waals surface area (Å²) in [6.45, 7) is 7.94. The summed E-state index contributed by atoms with van der Waals surface area (Å²) in [6.07, 6.45) is 0.515. The van der Waals surface area contributed by atoms with Crippen LogP contribution in [0.2, 0.25) is 0 Å². The molecule has 18 heavy (non-hydrogen) atoms. The molecule has 1 amide bonds. The quantitative estimate of drug-likeness (QED) is 0.862. The third-order valence-corrected chi connectivity index (χ3v) is 3.35. The zero-order valence-corrected chi connectivity index (χ0v) is 11.4. The van der Waals surface area contributed by atoms with Gasteiger partial charge >= 0.3 is 0 Å². The molecule has 0 saturated carbocycles. The van der Waals surface area contributed by atoms with E-state index in [4.69, 9.17) is 0 Å². The Kier molecular flexibility index (Phi) is 4.02. The molecule has 2 rings (SSSR count). The van der Waals surface area contributed by atoms with Gasteiger partial charge in [0.1, 0.15) is 0 Å². The van der Waals surface area contributed by atoms with Gasteiger partial charge in [0.2, 0.25) is 5.91 Å². The van der Waals surface area contributed by atoms with E-state index in [9.17, 15) is 4.79 Å². The van der Waals surface area contributed by atoms with Crippen LogP contribution in [0.1, 0.15) is 25.0 Å². The van der Waals surface area contributed by atoms with Crippen LogP contribution in [0.15, 0.2) is 24.3 Å². The van der Waals surface area contributed by atoms with Crippen molar-refractivity contribution < 1.29 is 4.79 Å². The smallest absolute Gasteiger partial charge is 0.227 e. The Bertz CT molecular complexity index is 420. The number of hydrogen-bond donors (Lipinski definition) is 1. The topological polar surface area (TPSA) is 32.3 Å². The summed E-state index contributed by atoms with van der Waals surface area (Å²) in [5.74, 6) is 0.237. The van der Waals surface area contributed by atoms with Gasteiger partial charge in [-0.15, -0.1) is 0 Å². The maximum Gasteiger partial charge on any atom is 0.227 e. The minimum atomic E-state index is 0.237. The molecule has 1 fully saturated rings. The van der Waals surface area contributed by atoms with E-state index < -0.39 is 0 Å². The molecular weight excluding hydrogens is 224 g/mol. The highest BCUT2D eigenvalue weighted by Crippen LogP contribution is 2.10. The van der Waals surface area contributed by atoms with Gasteiger partial charge in [-0.2, -0.15) is 0 Å². The Morgan fingerprint density at radius 2 is 2.00 bits per heavy atom. The van der Waals surface area contributed by atoms with Crippen LogP contribution in [-0.4, -0.2) is 36.0 Å². The van der Waals surface area contributed by atoms with Gasteiger partial charge in [-0.1, -0.05) is 29.8 Å². The predicted octanol–water partition coefficient (Wildman–Crippen LogP) is 1.75. The third kappa shape index (κ3) is 3.33. The molecule has 2 unspecified atom stereocenters. The summed E-state index contributed by atoms with van der Waals surface area (Å²) in [7, 11) is 0. The third-order valence-electron chi connectivity index (χ3n) is 3.35. The molecule has 0 aromatic heterocycles. The number of benzene rings is 1. The fourth-order valence-electron chi connectivity index (χ4n) is 2.64. The lowest BCUT2D eigenvalue weighted by Gasteiger charge is -2.36. The maximum absolute atomic E-state index is 12.3. The van der Waals surface area contributed by atoms with E-state index in [2.05, 4.69) is 38.2 Å². The van der Waals surface area contributed by atoms with E-state index in [-0.39, 0.29) is 5.91 Å². The standard InChI is InChI=1S/C15H22N2O/c1-11-5-4-6-14(7-11)8-15(18)17-9-12(2)16-13(3)10-17/h4-7,12-13,16H,8-10H2,1-3H3. The molecule has 1 N–H and O–H groups in total. The van der Waals surface area contributed by atoms with E-state index in [0.717, 1.165) is 18.7 Å². The fourth-order valence-corrected chi connectivity index (χ4v) is 2.64. The summed E-state index contributed by atoms with van der Waals surface area (Å²) in [5.41, 5.74) is 2.32. The number of rotatable bonds is 2. The summed E-state index contributed by atoms with van der Waals surface area (Å²) in [6, 6.07) is 8.96. The molecule has 3 nitrogen and oxygen atoms in total. The molecule has 1 aliphatic rings. The van der Waals surface area contributed by atoms with Crippen molar-refractivity contribution in [3.8, 4) is 0 Å². The zero-order chi connectivity index (χ0) is 13.1. The zero-order valence-electron chi connectivity index (χ0n) is 11.4. The second-order valence-corrected chi connectivity index (χ2v) is 5.43. The normalized spacial score (nSPS) is 24.1. The number of piperazine rings is 1. The lowest BCUT2D eigenvalue weighted by Crippen LogP contribution is -2.56. The number of nitrogens with zero attached hydrogens (tertiary/aromatic N) is 1. The Morgan fingerprint density at radius 3 is 2.61 bits per heavy atom. The Balaban J connectivity index is 1.99. The second-order valence-electron chi connectivity index (χ2n) is 5.43. The van der Waals surface area contributed by atoms with E-state index in [1.807, 2.05) is 17.0 Å². The van der Waals surface area contributed by atoms with E-state index in [1.165, 1.54) is 5.56 Å². The predicted molar refractivity (Wildman–Crippen MR) is 73.5 cm³/mol. The average molecular weight is 246 g/mol.